The van der Waals surface area contributed by atoms with Crippen LogP contribution in [-0.2, 0) is 4.79 Å². The predicted octanol–water partition coefficient (Wildman–Crippen LogP) is -0.0108. The number of carbonyl (C=O) groups is 1. The number of rotatable bonds is 3. The summed E-state index contributed by atoms with van der Waals surface area (Å²) in [5.41, 5.74) is 11.4. The molecule has 11 heavy (non-hydrogen) atoms. The summed E-state index contributed by atoms with van der Waals surface area (Å²) in [6.07, 6.45) is 4.25. The van der Waals surface area contributed by atoms with E-state index in [4.69, 9.17) is 11.5 Å². The molecule has 2 atom stereocenters. The van der Waals surface area contributed by atoms with Crippen LogP contribution in [0.1, 0.15) is 25.7 Å². The maximum atomic E-state index is 10.5. The highest BCUT2D eigenvalue weighted by molar-refractivity contribution is 5.74. The summed E-state index contributed by atoms with van der Waals surface area (Å²) in [4.78, 5) is 10.5. The molecule has 0 aromatic carbocycles. The van der Waals surface area contributed by atoms with E-state index >= 15 is 0 Å². The van der Waals surface area contributed by atoms with E-state index < -0.39 is 0 Å². The smallest absolute Gasteiger partial charge is 0.218 e. The molecule has 0 aromatic heterocycles. The Morgan fingerprint density at radius 3 is 2.64 bits per heavy atom. The topological polar surface area (TPSA) is 69.1 Å². The second-order valence-electron chi connectivity index (χ2n) is 4.01. The first-order valence-corrected chi connectivity index (χ1v) is 4.18. The number of hydrogen-bond acceptors (Lipinski definition) is 2. The van der Waals surface area contributed by atoms with Crippen molar-refractivity contribution in [2.24, 2.45) is 22.8 Å². The minimum atomic E-state index is -0.264. The van der Waals surface area contributed by atoms with E-state index in [-0.39, 0.29) is 11.9 Å². The van der Waals surface area contributed by atoms with Crippen molar-refractivity contribution in [1.82, 2.24) is 0 Å². The molecule has 3 heteroatoms. The molecule has 0 radical (unpaired) electrons. The molecule has 2 aliphatic rings. The fourth-order valence-electron chi connectivity index (χ4n) is 2.09. The summed E-state index contributed by atoms with van der Waals surface area (Å²) in [7, 11) is 0. The average molecular weight is 154 g/mol. The van der Waals surface area contributed by atoms with E-state index in [1.165, 1.54) is 19.3 Å². The molecule has 1 amide bonds. The molecular weight excluding hydrogens is 140 g/mol. The van der Waals surface area contributed by atoms with Gasteiger partial charge in [-0.1, -0.05) is 0 Å². The van der Waals surface area contributed by atoms with E-state index in [2.05, 4.69) is 0 Å². The van der Waals surface area contributed by atoms with Crippen molar-refractivity contribution in [1.29, 1.82) is 0 Å². The fourth-order valence-corrected chi connectivity index (χ4v) is 2.09. The van der Waals surface area contributed by atoms with Crippen LogP contribution in [0.25, 0.3) is 0 Å². The monoisotopic (exact) mass is 154 g/mol. The van der Waals surface area contributed by atoms with Gasteiger partial charge in [-0.2, -0.15) is 0 Å². The molecule has 0 saturated heterocycles. The van der Waals surface area contributed by atoms with Crippen molar-refractivity contribution in [3.63, 3.8) is 0 Å². The number of hydrogen-bond donors (Lipinski definition) is 2. The van der Waals surface area contributed by atoms with Gasteiger partial charge in [0.2, 0.25) is 5.91 Å². The molecule has 2 aliphatic carbocycles. The van der Waals surface area contributed by atoms with E-state index in [0.29, 0.717) is 17.8 Å². The van der Waals surface area contributed by atoms with Gasteiger partial charge in [0.25, 0.3) is 0 Å². The van der Waals surface area contributed by atoms with Gasteiger partial charge >= 0.3 is 0 Å². The maximum Gasteiger partial charge on any atom is 0.218 e. The van der Waals surface area contributed by atoms with Gasteiger partial charge in [0, 0.05) is 12.5 Å². The summed E-state index contributed by atoms with van der Waals surface area (Å²) in [6.45, 7) is 0. The van der Waals surface area contributed by atoms with E-state index in [0.717, 1.165) is 0 Å². The SMILES string of the molecule is NC(=O)CC(N)C1CC12CC2. The first kappa shape index (κ1) is 7.10. The predicted molar refractivity (Wildman–Crippen MR) is 41.6 cm³/mol. The zero-order valence-corrected chi connectivity index (χ0v) is 6.55. The Morgan fingerprint density at radius 2 is 2.27 bits per heavy atom. The summed E-state index contributed by atoms with van der Waals surface area (Å²) in [6, 6.07) is 0.0370. The second kappa shape index (κ2) is 1.97. The number of amides is 1. The van der Waals surface area contributed by atoms with Crippen LogP contribution in [0, 0.1) is 11.3 Å². The molecule has 0 aromatic rings. The Kier molecular flexibility index (Phi) is 1.27. The minimum absolute atomic E-state index is 0.0370. The Labute approximate surface area is 66.1 Å². The summed E-state index contributed by atoms with van der Waals surface area (Å²) < 4.78 is 0. The van der Waals surface area contributed by atoms with Crippen molar-refractivity contribution in [2.75, 3.05) is 0 Å². The Balaban J connectivity index is 1.82. The summed E-state index contributed by atoms with van der Waals surface area (Å²) in [5, 5.41) is 0. The van der Waals surface area contributed by atoms with Crippen molar-refractivity contribution >= 4 is 5.91 Å². The van der Waals surface area contributed by atoms with Crippen molar-refractivity contribution in [3.05, 3.63) is 0 Å². The molecule has 0 bridgehead atoms. The van der Waals surface area contributed by atoms with Crippen LogP contribution in [0.5, 0.6) is 0 Å². The van der Waals surface area contributed by atoms with Crippen LogP contribution < -0.4 is 11.5 Å². The number of primary amides is 1. The molecule has 4 N–H and O–H groups in total. The second-order valence-corrected chi connectivity index (χ2v) is 4.01. The summed E-state index contributed by atoms with van der Waals surface area (Å²) >= 11 is 0. The number of nitrogens with two attached hydrogens (primary N) is 2. The van der Waals surface area contributed by atoms with Gasteiger partial charge in [-0.3, -0.25) is 4.79 Å². The minimum Gasteiger partial charge on any atom is -0.370 e. The maximum absolute atomic E-state index is 10.5. The van der Waals surface area contributed by atoms with Gasteiger partial charge in [0.05, 0.1) is 0 Å². The van der Waals surface area contributed by atoms with Gasteiger partial charge in [-0.05, 0) is 30.6 Å². The molecule has 62 valence electrons. The van der Waals surface area contributed by atoms with Crippen LogP contribution >= 0.6 is 0 Å². The number of carbonyl (C=O) groups excluding carboxylic acids is 1. The van der Waals surface area contributed by atoms with Crippen molar-refractivity contribution in [3.8, 4) is 0 Å². The quantitative estimate of drug-likeness (QED) is 0.600. The lowest BCUT2D eigenvalue weighted by molar-refractivity contribution is -0.118. The lowest BCUT2D eigenvalue weighted by atomic mass is 10.1. The largest absolute Gasteiger partial charge is 0.370 e. The van der Waals surface area contributed by atoms with Crippen LogP contribution in [0.3, 0.4) is 0 Å². The highest BCUT2D eigenvalue weighted by atomic mass is 16.1. The van der Waals surface area contributed by atoms with Crippen LogP contribution in [0.4, 0.5) is 0 Å². The lowest BCUT2D eigenvalue weighted by Crippen LogP contribution is -2.30. The average Bonchev–Trinajstić information content (AvgIpc) is 2.73. The molecule has 0 heterocycles. The third kappa shape index (κ3) is 1.13. The standard InChI is InChI=1S/C8H14N2O/c9-6(3-7(10)11)5-4-8(5)1-2-8/h5-6H,1-4,9H2,(H2,10,11). The summed E-state index contributed by atoms with van der Waals surface area (Å²) in [5.74, 6) is 0.343. The van der Waals surface area contributed by atoms with Crippen LogP contribution in [-0.4, -0.2) is 11.9 Å². The first-order chi connectivity index (χ1) is 5.14. The van der Waals surface area contributed by atoms with Gasteiger partial charge in [-0.25, -0.2) is 0 Å². The van der Waals surface area contributed by atoms with E-state index in [9.17, 15) is 4.79 Å². The zero-order chi connectivity index (χ0) is 8.06. The molecule has 0 aliphatic heterocycles. The van der Waals surface area contributed by atoms with E-state index in [1.54, 1.807) is 0 Å². The molecule has 2 fully saturated rings. The van der Waals surface area contributed by atoms with Gasteiger partial charge < -0.3 is 11.5 Å². The van der Waals surface area contributed by atoms with Crippen LogP contribution in [0.2, 0.25) is 0 Å². The highest BCUT2D eigenvalue weighted by Gasteiger charge is 2.64. The molecule has 1 spiro atoms. The van der Waals surface area contributed by atoms with Crippen LogP contribution in [0.15, 0.2) is 0 Å². The zero-order valence-electron chi connectivity index (χ0n) is 6.55. The fraction of sp³-hybridized carbons (Fsp3) is 0.875. The molecule has 2 rings (SSSR count). The Morgan fingerprint density at radius 1 is 1.64 bits per heavy atom. The molecule has 2 saturated carbocycles. The third-order valence-corrected chi connectivity index (χ3v) is 3.10. The normalized spacial score (nSPS) is 33.4. The van der Waals surface area contributed by atoms with Gasteiger partial charge in [0.15, 0.2) is 0 Å². The van der Waals surface area contributed by atoms with Crippen molar-refractivity contribution in [2.45, 2.75) is 31.7 Å². The third-order valence-electron chi connectivity index (χ3n) is 3.10. The molecule has 3 nitrogen and oxygen atoms in total. The first-order valence-electron chi connectivity index (χ1n) is 4.18. The molecular formula is C8H14N2O. The van der Waals surface area contributed by atoms with Crippen molar-refractivity contribution < 1.29 is 4.79 Å². The molecule has 2 unspecified atom stereocenters. The van der Waals surface area contributed by atoms with Gasteiger partial charge in [-0.15, -0.1) is 0 Å². The Bertz CT molecular complexity index is 198. The van der Waals surface area contributed by atoms with Gasteiger partial charge in [0.1, 0.15) is 0 Å². The Hall–Kier alpha value is -0.570. The highest BCUT2D eigenvalue weighted by Crippen LogP contribution is 2.71. The lowest BCUT2D eigenvalue weighted by Gasteiger charge is -2.06. The van der Waals surface area contributed by atoms with E-state index in [1.807, 2.05) is 0 Å².